The third-order valence-corrected chi connectivity index (χ3v) is 1.73. The smallest absolute Gasteiger partial charge is 0.155 e. The number of aliphatic hydroxyl groups is 1. The Hall–Kier alpha value is -1.68. The molecule has 0 spiro atoms. The summed E-state index contributed by atoms with van der Waals surface area (Å²) >= 11 is 0. The van der Waals surface area contributed by atoms with Crippen LogP contribution in [-0.4, -0.2) is 26.9 Å². The Morgan fingerprint density at radius 2 is 2.38 bits per heavy atom. The number of hydrogen-bond donors (Lipinski definition) is 2. The van der Waals surface area contributed by atoms with Crippen LogP contribution in [0.15, 0.2) is 24.5 Å². The second-order valence-electron chi connectivity index (χ2n) is 2.66. The number of aromatic amines is 1. The molecule has 0 amide bonds. The minimum Gasteiger partial charge on any atom is -0.392 e. The molecule has 0 atom stereocenters. The van der Waals surface area contributed by atoms with E-state index < -0.39 is 0 Å². The second-order valence-corrected chi connectivity index (χ2v) is 2.66. The van der Waals surface area contributed by atoms with E-state index in [0.29, 0.717) is 0 Å². The molecule has 0 bridgehead atoms. The van der Waals surface area contributed by atoms with Gasteiger partial charge in [0.1, 0.15) is 0 Å². The molecule has 2 N–H and O–H groups in total. The molecule has 0 fully saturated rings. The second kappa shape index (κ2) is 3.37. The molecule has 0 unspecified atom stereocenters. The molecule has 2 aromatic rings. The molecule has 0 aliphatic heterocycles. The van der Waals surface area contributed by atoms with Gasteiger partial charge < -0.3 is 5.11 Å². The summed E-state index contributed by atoms with van der Waals surface area (Å²) in [6.45, 7) is 0.0451. The van der Waals surface area contributed by atoms with E-state index in [1.165, 1.54) is 0 Å². The fourth-order valence-corrected chi connectivity index (χ4v) is 1.13. The number of nitrogens with one attached hydrogen (secondary N) is 1. The highest BCUT2D eigenvalue weighted by atomic mass is 16.2. The standard InChI is InChI=1S/C9H9N3O/c13-3-1-2-7-4-8-6-11-12-9(8)10-5-7/h1-2,4-6,13H,3H2,(H,10,11,12). The van der Waals surface area contributed by atoms with Crippen molar-refractivity contribution < 1.29 is 5.11 Å². The molecule has 0 aliphatic carbocycles. The molecule has 2 aromatic heterocycles. The summed E-state index contributed by atoms with van der Waals surface area (Å²) in [6, 6.07) is 1.96. The van der Waals surface area contributed by atoms with Crippen LogP contribution in [0.25, 0.3) is 17.1 Å². The highest BCUT2D eigenvalue weighted by molar-refractivity contribution is 5.76. The fraction of sp³-hybridized carbons (Fsp3) is 0.111. The van der Waals surface area contributed by atoms with Crippen molar-refractivity contribution in [3.05, 3.63) is 30.1 Å². The van der Waals surface area contributed by atoms with E-state index >= 15 is 0 Å². The van der Waals surface area contributed by atoms with Crippen LogP contribution in [-0.2, 0) is 0 Å². The van der Waals surface area contributed by atoms with Gasteiger partial charge in [-0.05, 0) is 11.6 Å². The number of pyridine rings is 1. The number of aromatic nitrogens is 3. The number of nitrogens with zero attached hydrogens (tertiary/aromatic N) is 2. The Morgan fingerprint density at radius 3 is 3.23 bits per heavy atom. The van der Waals surface area contributed by atoms with Crippen LogP contribution in [0.4, 0.5) is 0 Å². The van der Waals surface area contributed by atoms with Crippen LogP contribution in [0.5, 0.6) is 0 Å². The largest absolute Gasteiger partial charge is 0.392 e. The third-order valence-electron chi connectivity index (χ3n) is 1.73. The van der Waals surface area contributed by atoms with Gasteiger partial charge in [-0.25, -0.2) is 4.98 Å². The van der Waals surface area contributed by atoms with Crippen LogP contribution in [0.1, 0.15) is 5.56 Å². The highest BCUT2D eigenvalue weighted by Crippen LogP contribution is 2.10. The monoisotopic (exact) mass is 175 g/mol. The first-order chi connectivity index (χ1) is 6.40. The van der Waals surface area contributed by atoms with Gasteiger partial charge in [0.05, 0.1) is 12.8 Å². The van der Waals surface area contributed by atoms with Gasteiger partial charge in [0.2, 0.25) is 0 Å². The zero-order valence-corrected chi connectivity index (χ0v) is 6.94. The van der Waals surface area contributed by atoms with Crippen molar-refractivity contribution in [3.63, 3.8) is 0 Å². The SMILES string of the molecule is OCC=Cc1cnc2[nH]ncc2c1. The maximum absolute atomic E-state index is 8.58. The zero-order chi connectivity index (χ0) is 9.10. The first kappa shape index (κ1) is 7.94. The average molecular weight is 175 g/mol. The normalized spacial score (nSPS) is 11.5. The molecule has 4 heteroatoms. The van der Waals surface area contributed by atoms with Crippen LogP contribution in [0, 0.1) is 0 Å². The van der Waals surface area contributed by atoms with Crippen molar-refractivity contribution in [2.24, 2.45) is 0 Å². The van der Waals surface area contributed by atoms with Gasteiger partial charge in [-0.3, -0.25) is 5.10 Å². The first-order valence-electron chi connectivity index (χ1n) is 3.96. The van der Waals surface area contributed by atoms with Gasteiger partial charge in [0.25, 0.3) is 0 Å². The lowest BCUT2D eigenvalue weighted by molar-refractivity contribution is 0.343. The van der Waals surface area contributed by atoms with Crippen molar-refractivity contribution in [3.8, 4) is 0 Å². The van der Waals surface area contributed by atoms with E-state index in [2.05, 4.69) is 15.2 Å². The minimum absolute atomic E-state index is 0.0451. The van der Waals surface area contributed by atoms with Crippen molar-refractivity contribution in [1.82, 2.24) is 15.2 Å². The zero-order valence-electron chi connectivity index (χ0n) is 6.94. The predicted octanol–water partition coefficient (Wildman–Crippen LogP) is 0.963. The molecule has 13 heavy (non-hydrogen) atoms. The van der Waals surface area contributed by atoms with Gasteiger partial charge >= 0.3 is 0 Å². The van der Waals surface area contributed by atoms with Crippen LogP contribution < -0.4 is 0 Å². The van der Waals surface area contributed by atoms with Crippen molar-refractivity contribution in [2.75, 3.05) is 6.61 Å². The molecule has 0 radical (unpaired) electrons. The first-order valence-corrected chi connectivity index (χ1v) is 3.96. The molecule has 2 rings (SSSR count). The summed E-state index contributed by atoms with van der Waals surface area (Å²) in [4.78, 5) is 4.14. The highest BCUT2D eigenvalue weighted by Gasteiger charge is 1.95. The molecule has 0 saturated carbocycles. The lowest BCUT2D eigenvalue weighted by Gasteiger charge is -1.91. The van der Waals surface area contributed by atoms with Crippen molar-refractivity contribution in [1.29, 1.82) is 0 Å². The maximum Gasteiger partial charge on any atom is 0.155 e. The van der Waals surface area contributed by atoms with Crippen LogP contribution >= 0.6 is 0 Å². The Balaban J connectivity index is 2.42. The Kier molecular flexibility index (Phi) is 2.06. The Bertz CT molecular complexity index is 433. The van der Waals surface area contributed by atoms with E-state index in [-0.39, 0.29) is 6.61 Å². The predicted molar refractivity (Wildman–Crippen MR) is 50.0 cm³/mol. The number of aliphatic hydroxyl groups excluding tert-OH is 1. The van der Waals surface area contributed by atoms with Crippen LogP contribution in [0.2, 0.25) is 0 Å². The molecule has 0 aliphatic rings. The lowest BCUT2D eigenvalue weighted by Crippen LogP contribution is -1.79. The van der Waals surface area contributed by atoms with E-state index in [9.17, 15) is 0 Å². The van der Waals surface area contributed by atoms with E-state index in [1.807, 2.05) is 12.1 Å². The van der Waals surface area contributed by atoms with Gasteiger partial charge in [-0.1, -0.05) is 12.2 Å². The Labute approximate surface area is 74.9 Å². The van der Waals surface area contributed by atoms with Crippen molar-refractivity contribution in [2.45, 2.75) is 0 Å². The molecular weight excluding hydrogens is 166 g/mol. The summed E-state index contributed by atoms with van der Waals surface area (Å²) in [5.74, 6) is 0. The number of H-pyrrole nitrogens is 1. The van der Waals surface area contributed by atoms with Gasteiger partial charge in [0, 0.05) is 11.6 Å². The Morgan fingerprint density at radius 1 is 1.46 bits per heavy atom. The molecule has 66 valence electrons. The molecule has 0 aromatic carbocycles. The van der Waals surface area contributed by atoms with E-state index in [4.69, 9.17) is 5.11 Å². The third kappa shape index (κ3) is 1.57. The minimum atomic E-state index is 0.0451. The summed E-state index contributed by atoms with van der Waals surface area (Å²) in [5.41, 5.74) is 1.74. The summed E-state index contributed by atoms with van der Waals surface area (Å²) < 4.78 is 0. The molecule has 0 saturated heterocycles. The number of fused-ring (bicyclic) bond motifs is 1. The van der Waals surface area contributed by atoms with Gasteiger partial charge in [-0.2, -0.15) is 5.10 Å². The maximum atomic E-state index is 8.58. The molecule has 2 heterocycles. The summed E-state index contributed by atoms with van der Waals surface area (Å²) in [6.07, 6.45) is 6.94. The topological polar surface area (TPSA) is 61.8 Å². The van der Waals surface area contributed by atoms with E-state index in [0.717, 1.165) is 16.6 Å². The van der Waals surface area contributed by atoms with Gasteiger partial charge in [0.15, 0.2) is 5.65 Å². The summed E-state index contributed by atoms with van der Waals surface area (Å²) in [5, 5.41) is 16.2. The van der Waals surface area contributed by atoms with Gasteiger partial charge in [-0.15, -0.1) is 0 Å². The number of rotatable bonds is 2. The van der Waals surface area contributed by atoms with E-state index in [1.54, 1.807) is 18.5 Å². The van der Waals surface area contributed by atoms with Crippen LogP contribution in [0.3, 0.4) is 0 Å². The fourth-order valence-electron chi connectivity index (χ4n) is 1.13. The average Bonchev–Trinajstić information content (AvgIpc) is 2.61. The molecular formula is C9H9N3O. The quantitative estimate of drug-likeness (QED) is 0.714. The summed E-state index contributed by atoms with van der Waals surface area (Å²) in [7, 11) is 0. The number of hydrogen-bond acceptors (Lipinski definition) is 3. The molecule has 4 nitrogen and oxygen atoms in total. The lowest BCUT2D eigenvalue weighted by atomic mass is 10.2. The van der Waals surface area contributed by atoms with Crippen molar-refractivity contribution >= 4 is 17.1 Å².